The van der Waals surface area contributed by atoms with Gasteiger partial charge in [-0.05, 0) is 18.4 Å². The van der Waals surface area contributed by atoms with Gasteiger partial charge in [0, 0.05) is 6.54 Å². The van der Waals surface area contributed by atoms with Gasteiger partial charge in [0.05, 0.1) is 6.04 Å². The number of carbonyl (C=O) groups is 1. The Kier molecular flexibility index (Phi) is 7.34. The summed E-state index contributed by atoms with van der Waals surface area (Å²) in [7, 11) is 0. The average molecular weight is 229 g/mol. The van der Waals surface area contributed by atoms with Crippen LogP contribution in [0.15, 0.2) is 0 Å². The lowest BCUT2D eigenvalue weighted by Crippen LogP contribution is -2.52. The standard InChI is InChI=1S/C12H27N3O/c1-6-10(5)8-15(7-2)11(9(3)4)12(16)14-13/h9-11H,6-8,13H2,1-5H3,(H,14,16). The van der Waals surface area contributed by atoms with Gasteiger partial charge >= 0.3 is 0 Å². The second-order valence-electron chi connectivity index (χ2n) is 4.80. The third-order valence-electron chi connectivity index (χ3n) is 3.09. The minimum atomic E-state index is -0.121. The van der Waals surface area contributed by atoms with Gasteiger partial charge in [0.2, 0.25) is 0 Å². The van der Waals surface area contributed by atoms with Crippen molar-refractivity contribution in [3.05, 3.63) is 0 Å². The van der Waals surface area contributed by atoms with Gasteiger partial charge in [-0.3, -0.25) is 15.1 Å². The molecule has 0 radical (unpaired) electrons. The van der Waals surface area contributed by atoms with Gasteiger partial charge in [-0.25, -0.2) is 5.84 Å². The van der Waals surface area contributed by atoms with E-state index in [1.165, 1.54) is 0 Å². The Labute approximate surface area is 99.5 Å². The summed E-state index contributed by atoms with van der Waals surface area (Å²) < 4.78 is 0. The molecule has 2 atom stereocenters. The van der Waals surface area contributed by atoms with E-state index in [-0.39, 0.29) is 17.9 Å². The van der Waals surface area contributed by atoms with E-state index in [9.17, 15) is 4.79 Å². The molecule has 0 aromatic heterocycles. The minimum Gasteiger partial charge on any atom is -0.293 e. The van der Waals surface area contributed by atoms with E-state index in [1.807, 2.05) is 0 Å². The molecule has 16 heavy (non-hydrogen) atoms. The molecule has 96 valence electrons. The van der Waals surface area contributed by atoms with Crippen LogP contribution in [0.25, 0.3) is 0 Å². The second-order valence-corrected chi connectivity index (χ2v) is 4.80. The van der Waals surface area contributed by atoms with E-state index >= 15 is 0 Å². The van der Waals surface area contributed by atoms with Crippen LogP contribution in [0, 0.1) is 11.8 Å². The highest BCUT2D eigenvalue weighted by Gasteiger charge is 2.27. The molecule has 0 rings (SSSR count). The summed E-state index contributed by atoms with van der Waals surface area (Å²) in [5.74, 6) is 6.03. The van der Waals surface area contributed by atoms with E-state index in [0.717, 1.165) is 19.5 Å². The number of carbonyl (C=O) groups excluding carboxylic acids is 1. The fourth-order valence-electron chi connectivity index (χ4n) is 1.94. The van der Waals surface area contributed by atoms with Gasteiger partial charge in [-0.1, -0.05) is 41.0 Å². The highest BCUT2D eigenvalue weighted by Crippen LogP contribution is 2.14. The van der Waals surface area contributed by atoms with Crippen molar-refractivity contribution < 1.29 is 4.79 Å². The Morgan fingerprint density at radius 2 is 1.88 bits per heavy atom. The summed E-state index contributed by atoms with van der Waals surface area (Å²) in [6.07, 6.45) is 1.13. The lowest BCUT2D eigenvalue weighted by Gasteiger charge is -2.33. The van der Waals surface area contributed by atoms with Crippen LogP contribution in [0.2, 0.25) is 0 Å². The third-order valence-corrected chi connectivity index (χ3v) is 3.09. The second kappa shape index (κ2) is 7.63. The van der Waals surface area contributed by atoms with Crippen molar-refractivity contribution in [3.63, 3.8) is 0 Å². The molecule has 0 bridgehead atoms. The number of hydrogen-bond acceptors (Lipinski definition) is 3. The lowest BCUT2D eigenvalue weighted by molar-refractivity contribution is -0.128. The van der Waals surface area contributed by atoms with Gasteiger partial charge in [-0.15, -0.1) is 0 Å². The first-order valence-electron chi connectivity index (χ1n) is 6.22. The fraction of sp³-hybridized carbons (Fsp3) is 0.917. The maximum Gasteiger partial charge on any atom is 0.251 e. The van der Waals surface area contributed by atoms with Crippen LogP contribution in [-0.2, 0) is 4.79 Å². The highest BCUT2D eigenvalue weighted by atomic mass is 16.2. The summed E-state index contributed by atoms with van der Waals surface area (Å²) in [6, 6.07) is -0.121. The van der Waals surface area contributed by atoms with Crippen molar-refractivity contribution in [3.8, 4) is 0 Å². The Morgan fingerprint density at radius 3 is 2.19 bits per heavy atom. The normalized spacial score (nSPS) is 15.2. The largest absolute Gasteiger partial charge is 0.293 e. The van der Waals surface area contributed by atoms with E-state index in [1.54, 1.807) is 0 Å². The molecule has 4 heteroatoms. The number of amides is 1. The first-order valence-corrected chi connectivity index (χ1v) is 6.22. The SMILES string of the molecule is CCC(C)CN(CC)C(C(=O)NN)C(C)C. The molecule has 0 saturated heterocycles. The molecule has 0 spiro atoms. The predicted molar refractivity (Wildman–Crippen MR) is 67.7 cm³/mol. The van der Waals surface area contributed by atoms with Crippen LogP contribution in [0.5, 0.6) is 0 Å². The van der Waals surface area contributed by atoms with E-state index in [4.69, 9.17) is 5.84 Å². The third kappa shape index (κ3) is 4.49. The van der Waals surface area contributed by atoms with Crippen molar-refractivity contribution in [2.24, 2.45) is 17.7 Å². The van der Waals surface area contributed by atoms with E-state index in [2.05, 4.69) is 44.9 Å². The molecule has 0 aliphatic carbocycles. The summed E-state index contributed by atoms with van der Waals surface area (Å²) >= 11 is 0. The van der Waals surface area contributed by atoms with Gasteiger partial charge in [0.1, 0.15) is 0 Å². The maximum atomic E-state index is 11.7. The predicted octanol–water partition coefficient (Wildman–Crippen LogP) is 1.37. The van der Waals surface area contributed by atoms with Crippen molar-refractivity contribution >= 4 is 5.91 Å². The molecule has 2 unspecified atom stereocenters. The summed E-state index contributed by atoms with van der Waals surface area (Å²) in [4.78, 5) is 14.0. The van der Waals surface area contributed by atoms with Crippen molar-refractivity contribution in [2.45, 2.75) is 47.1 Å². The molecule has 0 heterocycles. The quantitative estimate of drug-likeness (QED) is 0.394. The molecule has 4 nitrogen and oxygen atoms in total. The molecular weight excluding hydrogens is 202 g/mol. The molecule has 0 fully saturated rings. The molecule has 0 aliphatic heterocycles. The number of rotatable bonds is 7. The molecule has 0 saturated carbocycles. The first-order chi connectivity index (χ1) is 7.47. The Hall–Kier alpha value is -0.610. The first kappa shape index (κ1) is 15.4. The van der Waals surface area contributed by atoms with Crippen LogP contribution < -0.4 is 11.3 Å². The number of hydrogen-bond donors (Lipinski definition) is 2. The Bertz CT molecular complexity index is 206. The molecule has 3 N–H and O–H groups in total. The van der Waals surface area contributed by atoms with Crippen LogP contribution in [-0.4, -0.2) is 29.9 Å². The zero-order valence-corrected chi connectivity index (χ0v) is 11.3. The summed E-state index contributed by atoms with van der Waals surface area (Å²) in [5.41, 5.74) is 2.27. The van der Waals surface area contributed by atoms with Crippen LogP contribution in [0.1, 0.15) is 41.0 Å². The number of likely N-dealkylation sites (N-methyl/N-ethyl adjacent to an activating group) is 1. The van der Waals surface area contributed by atoms with Gasteiger partial charge in [0.15, 0.2) is 0 Å². The number of nitrogens with two attached hydrogens (primary N) is 1. The van der Waals surface area contributed by atoms with Gasteiger partial charge < -0.3 is 0 Å². The molecule has 0 aromatic rings. The summed E-state index contributed by atoms with van der Waals surface area (Å²) in [6.45, 7) is 12.4. The topological polar surface area (TPSA) is 58.4 Å². The van der Waals surface area contributed by atoms with Crippen molar-refractivity contribution in [1.29, 1.82) is 0 Å². The van der Waals surface area contributed by atoms with Gasteiger partial charge in [0.25, 0.3) is 5.91 Å². The van der Waals surface area contributed by atoms with Crippen molar-refractivity contribution in [1.82, 2.24) is 10.3 Å². The molecule has 0 aliphatic rings. The molecule has 1 amide bonds. The molecule has 0 aromatic carbocycles. The lowest BCUT2D eigenvalue weighted by atomic mass is 9.99. The Balaban J connectivity index is 4.64. The van der Waals surface area contributed by atoms with Gasteiger partial charge in [-0.2, -0.15) is 0 Å². The van der Waals surface area contributed by atoms with Crippen LogP contribution >= 0.6 is 0 Å². The summed E-state index contributed by atoms with van der Waals surface area (Å²) in [5, 5.41) is 0. The maximum absolute atomic E-state index is 11.7. The molecular formula is C12H27N3O. The minimum absolute atomic E-state index is 0.0832. The zero-order chi connectivity index (χ0) is 12.7. The number of hydrazine groups is 1. The van der Waals surface area contributed by atoms with Crippen LogP contribution in [0.4, 0.5) is 0 Å². The smallest absolute Gasteiger partial charge is 0.251 e. The average Bonchev–Trinajstić information content (AvgIpc) is 2.26. The number of nitrogens with zero attached hydrogens (tertiary/aromatic N) is 1. The van der Waals surface area contributed by atoms with Crippen LogP contribution in [0.3, 0.4) is 0 Å². The van der Waals surface area contributed by atoms with E-state index < -0.39 is 0 Å². The number of nitrogens with one attached hydrogen (secondary N) is 1. The highest BCUT2D eigenvalue weighted by molar-refractivity contribution is 5.81. The Morgan fingerprint density at radius 1 is 1.31 bits per heavy atom. The van der Waals surface area contributed by atoms with E-state index in [0.29, 0.717) is 5.92 Å². The van der Waals surface area contributed by atoms with Crippen molar-refractivity contribution in [2.75, 3.05) is 13.1 Å². The fourth-order valence-corrected chi connectivity index (χ4v) is 1.94. The zero-order valence-electron chi connectivity index (χ0n) is 11.3. The monoisotopic (exact) mass is 229 g/mol.